The van der Waals surface area contributed by atoms with Crippen LogP contribution in [-0.2, 0) is 4.74 Å². The summed E-state index contributed by atoms with van der Waals surface area (Å²) in [6, 6.07) is 0.540. The van der Waals surface area contributed by atoms with Crippen LogP contribution in [0.2, 0.25) is 0 Å². The van der Waals surface area contributed by atoms with Crippen molar-refractivity contribution in [3.05, 3.63) is 18.0 Å². The summed E-state index contributed by atoms with van der Waals surface area (Å²) >= 11 is 2.05. The van der Waals surface area contributed by atoms with E-state index >= 15 is 0 Å². The Morgan fingerprint density at radius 1 is 1.53 bits per heavy atom. The van der Waals surface area contributed by atoms with E-state index in [-0.39, 0.29) is 11.6 Å². The maximum absolute atomic E-state index is 6.13. The van der Waals surface area contributed by atoms with Crippen molar-refractivity contribution >= 4 is 11.8 Å². The van der Waals surface area contributed by atoms with Crippen LogP contribution in [0.3, 0.4) is 0 Å². The van der Waals surface area contributed by atoms with Gasteiger partial charge in [0.15, 0.2) is 0 Å². The second kappa shape index (κ2) is 5.46. The van der Waals surface area contributed by atoms with E-state index < -0.39 is 0 Å². The third-order valence-corrected chi connectivity index (χ3v) is 5.38. The molecule has 19 heavy (non-hydrogen) atoms. The fourth-order valence-electron chi connectivity index (χ4n) is 3.11. The van der Waals surface area contributed by atoms with Crippen molar-refractivity contribution in [1.82, 2.24) is 9.78 Å². The summed E-state index contributed by atoms with van der Waals surface area (Å²) in [5, 5.41) is 4.52. The van der Waals surface area contributed by atoms with Gasteiger partial charge in [-0.25, -0.2) is 0 Å². The van der Waals surface area contributed by atoms with Crippen molar-refractivity contribution in [1.29, 1.82) is 0 Å². The molecular weight excluding hydrogens is 258 g/mol. The SMILES string of the molecule is CC(N)c1cnn(C2CCOC3(CCSCC3)C2)c1. The van der Waals surface area contributed by atoms with Crippen LogP contribution in [0.15, 0.2) is 12.4 Å². The molecule has 1 spiro atoms. The molecule has 0 aliphatic carbocycles. The molecule has 5 heteroatoms. The maximum atomic E-state index is 6.13. The average molecular weight is 281 g/mol. The zero-order valence-corrected chi connectivity index (χ0v) is 12.4. The number of thioether (sulfide) groups is 1. The second-order valence-corrected chi connectivity index (χ2v) is 7.06. The van der Waals surface area contributed by atoms with Crippen molar-refractivity contribution in [2.75, 3.05) is 18.1 Å². The van der Waals surface area contributed by atoms with Gasteiger partial charge in [0, 0.05) is 24.4 Å². The minimum Gasteiger partial charge on any atom is -0.375 e. The fourth-order valence-corrected chi connectivity index (χ4v) is 4.34. The Kier molecular flexibility index (Phi) is 3.87. The van der Waals surface area contributed by atoms with E-state index in [0.29, 0.717) is 6.04 Å². The first-order chi connectivity index (χ1) is 9.19. The van der Waals surface area contributed by atoms with Gasteiger partial charge in [-0.05, 0) is 44.1 Å². The lowest BCUT2D eigenvalue weighted by molar-refractivity contribution is -0.100. The number of aromatic nitrogens is 2. The molecule has 4 nitrogen and oxygen atoms in total. The standard InChI is InChI=1S/C14H23N3OS/c1-11(15)12-9-16-17(10-12)13-2-5-18-14(8-13)3-6-19-7-4-14/h9-11,13H,2-8,15H2,1H3. The zero-order valence-electron chi connectivity index (χ0n) is 11.5. The van der Waals surface area contributed by atoms with Gasteiger partial charge in [-0.15, -0.1) is 0 Å². The van der Waals surface area contributed by atoms with Crippen molar-refractivity contribution in [2.24, 2.45) is 5.73 Å². The van der Waals surface area contributed by atoms with Crippen LogP contribution in [0.5, 0.6) is 0 Å². The van der Waals surface area contributed by atoms with Gasteiger partial charge in [-0.1, -0.05) is 0 Å². The van der Waals surface area contributed by atoms with Crippen LogP contribution in [0.25, 0.3) is 0 Å². The first-order valence-electron chi connectivity index (χ1n) is 7.20. The third kappa shape index (κ3) is 2.83. The molecule has 2 fully saturated rings. The van der Waals surface area contributed by atoms with E-state index in [1.807, 2.05) is 24.9 Å². The molecular formula is C14H23N3OS. The topological polar surface area (TPSA) is 53.1 Å². The average Bonchev–Trinajstić information content (AvgIpc) is 2.89. The monoisotopic (exact) mass is 281 g/mol. The maximum Gasteiger partial charge on any atom is 0.0718 e. The Balaban J connectivity index is 1.73. The smallest absolute Gasteiger partial charge is 0.0718 e. The molecule has 0 radical (unpaired) electrons. The molecule has 0 aromatic carbocycles. The van der Waals surface area contributed by atoms with E-state index in [1.165, 1.54) is 24.3 Å². The van der Waals surface area contributed by atoms with Crippen LogP contribution < -0.4 is 5.73 Å². The summed E-state index contributed by atoms with van der Waals surface area (Å²) in [5.74, 6) is 2.47. The van der Waals surface area contributed by atoms with Crippen LogP contribution in [0.4, 0.5) is 0 Å². The highest BCUT2D eigenvalue weighted by Crippen LogP contribution is 2.41. The largest absolute Gasteiger partial charge is 0.375 e. The fraction of sp³-hybridized carbons (Fsp3) is 0.786. The van der Waals surface area contributed by atoms with Gasteiger partial charge in [0.2, 0.25) is 0 Å². The lowest BCUT2D eigenvalue weighted by Gasteiger charge is -2.43. The van der Waals surface area contributed by atoms with E-state index in [0.717, 1.165) is 25.0 Å². The Labute approximate surface area is 119 Å². The van der Waals surface area contributed by atoms with Gasteiger partial charge < -0.3 is 10.5 Å². The number of rotatable bonds is 2. The van der Waals surface area contributed by atoms with Crippen LogP contribution >= 0.6 is 11.8 Å². The molecule has 1 aromatic heterocycles. The molecule has 2 atom stereocenters. The summed E-state index contributed by atoms with van der Waals surface area (Å²) < 4.78 is 8.25. The van der Waals surface area contributed by atoms with Crippen LogP contribution in [-0.4, -0.2) is 33.5 Å². The Morgan fingerprint density at radius 3 is 3.00 bits per heavy atom. The van der Waals surface area contributed by atoms with E-state index in [2.05, 4.69) is 16.0 Å². The number of nitrogens with two attached hydrogens (primary N) is 1. The van der Waals surface area contributed by atoms with Gasteiger partial charge in [0.25, 0.3) is 0 Å². The molecule has 0 bridgehead atoms. The third-order valence-electron chi connectivity index (χ3n) is 4.39. The second-order valence-electron chi connectivity index (χ2n) is 5.83. The van der Waals surface area contributed by atoms with E-state index in [1.54, 1.807) is 0 Å². The Morgan fingerprint density at radius 2 is 2.32 bits per heavy atom. The molecule has 2 aliphatic heterocycles. The molecule has 2 aliphatic rings. The van der Waals surface area contributed by atoms with Crippen LogP contribution in [0.1, 0.15) is 50.3 Å². The number of ether oxygens (including phenoxy) is 1. The normalized spacial score (nSPS) is 28.4. The van der Waals surface area contributed by atoms with Gasteiger partial charge in [0.05, 0.1) is 17.8 Å². The van der Waals surface area contributed by atoms with Gasteiger partial charge in [0.1, 0.15) is 0 Å². The minimum absolute atomic E-state index is 0.0635. The summed E-state index contributed by atoms with van der Waals surface area (Å²) in [6.07, 6.45) is 8.57. The molecule has 0 amide bonds. The quantitative estimate of drug-likeness (QED) is 0.905. The molecule has 2 saturated heterocycles. The Bertz CT molecular complexity index is 421. The zero-order chi connectivity index (χ0) is 13.3. The van der Waals surface area contributed by atoms with E-state index in [4.69, 9.17) is 10.5 Å². The number of hydrogen-bond donors (Lipinski definition) is 1. The first-order valence-corrected chi connectivity index (χ1v) is 8.35. The van der Waals surface area contributed by atoms with Gasteiger partial charge in [-0.3, -0.25) is 4.68 Å². The van der Waals surface area contributed by atoms with Crippen LogP contribution in [0, 0.1) is 0 Å². The molecule has 2 unspecified atom stereocenters. The summed E-state index contributed by atoms with van der Waals surface area (Å²) in [6.45, 7) is 2.87. The number of hydrogen-bond acceptors (Lipinski definition) is 4. The highest BCUT2D eigenvalue weighted by atomic mass is 32.2. The molecule has 0 saturated carbocycles. The molecule has 2 N–H and O–H groups in total. The molecule has 3 rings (SSSR count). The van der Waals surface area contributed by atoms with Crippen molar-refractivity contribution in [3.8, 4) is 0 Å². The summed E-state index contributed by atoms with van der Waals surface area (Å²) in [5.41, 5.74) is 7.16. The van der Waals surface area contributed by atoms with Crippen molar-refractivity contribution in [2.45, 2.75) is 50.3 Å². The first kappa shape index (κ1) is 13.5. The predicted molar refractivity (Wildman–Crippen MR) is 78.3 cm³/mol. The van der Waals surface area contributed by atoms with Gasteiger partial charge in [-0.2, -0.15) is 16.9 Å². The molecule has 3 heterocycles. The highest BCUT2D eigenvalue weighted by Gasteiger charge is 2.39. The van der Waals surface area contributed by atoms with E-state index in [9.17, 15) is 0 Å². The number of nitrogens with zero attached hydrogens (tertiary/aromatic N) is 2. The van der Waals surface area contributed by atoms with Crippen molar-refractivity contribution < 1.29 is 4.74 Å². The molecule has 1 aromatic rings. The lowest BCUT2D eigenvalue weighted by atomic mass is 9.85. The highest BCUT2D eigenvalue weighted by molar-refractivity contribution is 7.99. The summed E-state index contributed by atoms with van der Waals surface area (Å²) in [7, 11) is 0. The predicted octanol–water partition coefficient (Wildman–Crippen LogP) is 2.52. The Hall–Kier alpha value is -0.520. The summed E-state index contributed by atoms with van der Waals surface area (Å²) in [4.78, 5) is 0. The van der Waals surface area contributed by atoms with Crippen molar-refractivity contribution in [3.63, 3.8) is 0 Å². The minimum atomic E-state index is 0.0635. The van der Waals surface area contributed by atoms with Gasteiger partial charge >= 0.3 is 0 Å². The molecule has 106 valence electrons. The lowest BCUT2D eigenvalue weighted by Crippen LogP contribution is -2.43.